The predicted octanol–water partition coefficient (Wildman–Crippen LogP) is 6.33. The number of aromatic nitrogens is 1. The topological polar surface area (TPSA) is 54.3 Å². The maximum atomic E-state index is 14.2. The van der Waals surface area contributed by atoms with E-state index in [1.165, 1.54) is 12.0 Å². The Morgan fingerprint density at radius 1 is 1.18 bits per heavy atom. The molecule has 0 spiro atoms. The smallest absolute Gasteiger partial charge is 0.275 e. The zero-order chi connectivity index (χ0) is 24.0. The lowest BCUT2D eigenvalue weighted by molar-refractivity contribution is -0.128. The number of benzene rings is 1. The predicted molar refractivity (Wildman–Crippen MR) is 140 cm³/mol. The van der Waals surface area contributed by atoms with E-state index in [4.69, 9.17) is 0 Å². The highest BCUT2D eigenvalue weighted by Crippen LogP contribution is 2.39. The third-order valence-corrected chi connectivity index (χ3v) is 8.90. The second-order valence-corrected chi connectivity index (χ2v) is 11.3. The van der Waals surface area contributed by atoms with Crippen LogP contribution in [0, 0.1) is 5.92 Å². The van der Waals surface area contributed by atoms with Crippen molar-refractivity contribution in [2.75, 3.05) is 4.90 Å². The fraction of sp³-hybridized carbons (Fsp3) is 0.500. The molecule has 0 saturated heterocycles. The number of nitrogens with zero attached hydrogens (tertiary/aromatic N) is 2. The van der Waals surface area contributed by atoms with Crippen molar-refractivity contribution in [3.8, 4) is 0 Å². The van der Waals surface area contributed by atoms with Crippen LogP contribution in [-0.4, -0.2) is 28.0 Å². The van der Waals surface area contributed by atoms with Gasteiger partial charge in [-0.05, 0) is 66.3 Å². The molecule has 0 radical (unpaired) electrons. The van der Waals surface area contributed by atoms with E-state index < -0.39 is 5.54 Å². The first-order chi connectivity index (χ1) is 16.4. The van der Waals surface area contributed by atoms with Gasteiger partial charge in [-0.15, -0.1) is 11.3 Å². The van der Waals surface area contributed by atoms with E-state index in [0.29, 0.717) is 30.5 Å². The number of rotatable bonds is 5. The van der Waals surface area contributed by atoms with E-state index in [1.54, 1.807) is 16.2 Å². The normalized spacial score (nSPS) is 25.1. The summed E-state index contributed by atoms with van der Waals surface area (Å²) < 4.78 is 3.16. The molecule has 2 aromatic heterocycles. The molecule has 1 aromatic carbocycles. The number of anilines is 1. The molecule has 2 aliphatic rings. The standard InChI is InChI=1S/C28H35N3O2S/c1-5-28(27(33)29-22-9-7-6-8-19(22)4)17-30-23-14-15-34-25(23)16-24(30)26(32)31(28)21-12-10-20(11-13-21)18(2)3/h10-16,18-19,22H,5-9,17H2,1-4H3,(H,29,33). The van der Waals surface area contributed by atoms with E-state index >= 15 is 0 Å². The molecule has 2 amide bonds. The highest BCUT2D eigenvalue weighted by atomic mass is 32.1. The molecule has 1 aliphatic carbocycles. The van der Waals surface area contributed by atoms with Crippen molar-refractivity contribution in [2.24, 2.45) is 5.92 Å². The van der Waals surface area contributed by atoms with Gasteiger partial charge in [-0.25, -0.2) is 0 Å². The Balaban J connectivity index is 1.61. The minimum atomic E-state index is -0.978. The molecule has 3 heterocycles. The maximum Gasteiger partial charge on any atom is 0.275 e. The van der Waals surface area contributed by atoms with E-state index in [0.717, 1.165) is 35.2 Å². The first-order valence-electron chi connectivity index (χ1n) is 12.7. The van der Waals surface area contributed by atoms with Gasteiger partial charge in [-0.1, -0.05) is 52.7 Å². The molecule has 34 heavy (non-hydrogen) atoms. The zero-order valence-electron chi connectivity index (χ0n) is 20.6. The van der Waals surface area contributed by atoms with E-state index in [2.05, 4.69) is 54.2 Å². The van der Waals surface area contributed by atoms with Crippen LogP contribution in [0.15, 0.2) is 41.8 Å². The number of hydrogen-bond donors (Lipinski definition) is 1. The van der Waals surface area contributed by atoms with Crippen molar-refractivity contribution in [1.82, 2.24) is 9.88 Å². The van der Waals surface area contributed by atoms with Crippen LogP contribution < -0.4 is 10.2 Å². The minimum absolute atomic E-state index is 0.0298. The van der Waals surface area contributed by atoms with Crippen molar-refractivity contribution in [2.45, 2.75) is 83.8 Å². The fourth-order valence-electron chi connectivity index (χ4n) is 5.78. The number of amides is 2. The number of hydrogen-bond acceptors (Lipinski definition) is 3. The summed E-state index contributed by atoms with van der Waals surface area (Å²) in [6.45, 7) is 9.05. The molecule has 1 saturated carbocycles. The molecule has 1 aliphatic heterocycles. The number of fused-ring (bicyclic) bond motifs is 3. The van der Waals surface area contributed by atoms with Gasteiger partial charge in [-0.2, -0.15) is 0 Å². The van der Waals surface area contributed by atoms with Crippen LogP contribution in [0.5, 0.6) is 0 Å². The van der Waals surface area contributed by atoms with Crippen molar-refractivity contribution in [3.63, 3.8) is 0 Å². The molecule has 3 atom stereocenters. The second-order valence-electron chi connectivity index (χ2n) is 10.4. The highest BCUT2D eigenvalue weighted by Gasteiger charge is 2.51. The lowest BCUT2D eigenvalue weighted by Gasteiger charge is -2.47. The summed E-state index contributed by atoms with van der Waals surface area (Å²) in [6.07, 6.45) is 5.06. The first kappa shape index (κ1) is 23.2. The molecule has 3 unspecified atom stereocenters. The van der Waals surface area contributed by atoms with E-state index in [9.17, 15) is 9.59 Å². The monoisotopic (exact) mass is 477 g/mol. The summed E-state index contributed by atoms with van der Waals surface area (Å²) in [5.74, 6) is 0.732. The average Bonchev–Trinajstić information content (AvgIpc) is 3.42. The first-order valence-corrected chi connectivity index (χ1v) is 13.6. The Kier molecular flexibility index (Phi) is 6.05. The quantitative estimate of drug-likeness (QED) is 0.467. The van der Waals surface area contributed by atoms with Gasteiger partial charge in [0.05, 0.1) is 16.8 Å². The van der Waals surface area contributed by atoms with Gasteiger partial charge in [-0.3, -0.25) is 14.5 Å². The van der Waals surface area contributed by atoms with Crippen molar-refractivity contribution in [3.05, 3.63) is 53.0 Å². The summed E-state index contributed by atoms with van der Waals surface area (Å²) in [6, 6.07) is 12.4. The lowest BCUT2D eigenvalue weighted by atomic mass is 9.83. The van der Waals surface area contributed by atoms with Crippen LogP contribution in [0.25, 0.3) is 10.2 Å². The Morgan fingerprint density at radius 2 is 1.91 bits per heavy atom. The molecular formula is C28H35N3O2S. The summed E-state index contributed by atoms with van der Waals surface area (Å²) >= 11 is 1.64. The number of nitrogens with one attached hydrogen (secondary N) is 1. The van der Waals surface area contributed by atoms with E-state index in [1.807, 2.05) is 25.1 Å². The van der Waals surface area contributed by atoms with Gasteiger partial charge in [0, 0.05) is 11.7 Å². The van der Waals surface area contributed by atoms with Gasteiger partial charge in [0.15, 0.2) is 0 Å². The van der Waals surface area contributed by atoms with Gasteiger partial charge >= 0.3 is 0 Å². The fourth-order valence-corrected chi connectivity index (χ4v) is 6.60. The Hall–Kier alpha value is -2.60. The largest absolute Gasteiger partial charge is 0.351 e. The molecule has 5 rings (SSSR count). The van der Waals surface area contributed by atoms with Crippen molar-refractivity contribution in [1.29, 1.82) is 0 Å². The Labute approximate surface area is 206 Å². The molecule has 3 aromatic rings. The van der Waals surface area contributed by atoms with Gasteiger partial charge in [0.1, 0.15) is 11.2 Å². The average molecular weight is 478 g/mol. The lowest BCUT2D eigenvalue weighted by Crippen LogP contribution is -2.67. The van der Waals surface area contributed by atoms with Crippen LogP contribution in [0.3, 0.4) is 0 Å². The molecule has 180 valence electrons. The summed E-state index contributed by atoms with van der Waals surface area (Å²) in [4.78, 5) is 30.0. The summed E-state index contributed by atoms with van der Waals surface area (Å²) in [7, 11) is 0. The van der Waals surface area contributed by atoms with Crippen LogP contribution in [0.1, 0.15) is 81.8 Å². The molecule has 1 fully saturated rings. The van der Waals surface area contributed by atoms with Crippen molar-refractivity contribution < 1.29 is 9.59 Å². The molecular weight excluding hydrogens is 442 g/mol. The van der Waals surface area contributed by atoms with Crippen LogP contribution in [-0.2, 0) is 11.3 Å². The Morgan fingerprint density at radius 3 is 2.59 bits per heavy atom. The minimum Gasteiger partial charge on any atom is -0.351 e. The van der Waals surface area contributed by atoms with Crippen molar-refractivity contribution >= 4 is 39.1 Å². The summed E-state index contributed by atoms with van der Waals surface area (Å²) in [5, 5.41) is 5.45. The van der Waals surface area contributed by atoms with Gasteiger partial charge in [0.2, 0.25) is 5.91 Å². The highest BCUT2D eigenvalue weighted by molar-refractivity contribution is 7.17. The number of thiophene rings is 1. The van der Waals surface area contributed by atoms with Gasteiger partial charge in [0.25, 0.3) is 5.91 Å². The SMILES string of the molecule is CCC1(C(=O)NC2CCCCC2C)Cn2c(cc3sccc32)C(=O)N1c1ccc(C(C)C)cc1. The van der Waals surface area contributed by atoms with Crippen LogP contribution in [0.4, 0.5) is 5.69 Å². The van der Waals surface area contributed by atoms with E-state index in [-0.39, 0.29) is 17.9 Å². The zero-order valence-corrected chi connectivity index (χ0v) is 21.5. The van der Waals surface area contributed by atoms with Crippen LogP contribution in [0.2, 0.25) is 0 Å². The number of carbonyl (C=O) groups excluding carboxylic acids is 2. The third kappa shape index (κ3) is 3.67. The number of carbonyl (C=O) groups is 2. The second kappa shape index (κ2) is 8.88. The molecule has 0 bridgehead atoms. The Bertz CT molecular complexity index is 1210. The maximum absolute atomic E-state index is 14.2. The third-order valence-electron chi connectivity index (χ3n) is 8.05. The van der Waals surface area contributed by atoms with Gasteiger partial charge < -0.3 is 9.88 Å². The summed E-state index contributed by atoms with van der Waals surface area (Å²) in [5.41, 5.74) is 2.74. The molecule has 6 heteroatoms. The molecule has 5 nitrogen and oxygen atoms in total. The van der Waals surface area contributed by atoms with Crippen LogP contribution >= 0.6 is 11.3 Å². The molecule has 1 N–H and O–H groups in total.